The van der Waals surface area contributed by atoms with Crippen LogP contribution in [0.3, 0.4) is 0 Å². The monoisotopic (exact) mass is 251 g/mol. The number of aryl methyl sites for hydroxylation is 1. The smallest absolute Gasteiger partial charge is 0.324 e. The number of hydrogen-bond acceptors (Lipinski definition) is 8. The highest BCUT2D eigenvalue weighted by Crippen LogP contribution is 2.12. The van der Waals surface area contributed by atoms with E-state index in [1.165, 1.54) is 14.2 Å². The third-order valence-electron chi connectivity index (χ3n) is 2.01. The van der Waals surface area contributed by atoms with Gasteiger partial charge >= 0.3 is 12.0 Å². The van der Waals surface area contributed by atoms with Crippen molar-refractivity contribution >= 4 is 5.95 Å². The molecule has 2 aromatic rings. The summed E-state index contributed by atoms with van der Waals surface area (Å²) < 4.78 is 11.5. The van der Waals surface area contributed by atoms with Crippen LogP contribution in [0.5, 0.6) is 12.0 Å². The van der Waals surface area contributed by atoms with Crippen LogP contribution in [0, 0.1) is 0 Å². The predicted octanol–water partition coefficient (Wildman–Crippen LogP) is -0.371. The number of rotatable bonds is 5. The minimum absolute atomic E-state index is 0.179. The third kappa shape index (κ3) is 2.81. The molecule has 0 amide bonds. The highest BCUT2D eigenvalue weighted by Gasteiger charge is 2.07. The molecule has 0 atom stereocenters. The van der Waals surface area contributed by atoms with E-state index in [1.807, 2.05) is 0 Å². The van der Waals surface area contributed by atoms with Gasteiger partial charge in [-0.3, -0.25) is 4.68 Å². The molecule has 18 heavy (non-hydrogen) atoms. The van der Waals surface area contributed by atoms with Crippen LogP contribution in [0.4, 0.5) is 5.95 Å². The quantitative estimate of drug-likeness (QED) is 0.768. The number of anilines is 1. The van der Waals surface area contributed by atoms with Gasteiger partial charge in [0.15, 0.2) is 5.82 Å². The summed E-state index contributed by atoms with van der Waals surface area (Å²) in [6.45, 7) is 0.400. The Morgan fingerprint density at radius 1 is 1.17 bits per heavy atom. The number of aromatic nitrogens is 6. The van der Waals surface area contributed by atoms with Crippen molar-refractivity contribution in [1.82, 2.24) is 29.7 Å². The molecule has 96 valence electrons. The fraction of sp³-hybridized carbons (Fsp3) is 0.444. The van der Waals surface area contributed by atoms with Gasteiger partial charge in [0.25, 0.3) is 0 Å². The number of methoxy groups -OCH3 is 2. The van der Waals surface area contributed by atoms with E-state index in [4.69, 9.17) is 9.47 Å². The van der Waals surface area contributed by atoms with Crippen LogP contribution in [0.25, 0.3) is 0 Å². The first kappa shape index (κ1) is 12.0. The molecule has 0 spiro atoms. The van der Waals surface area contributed by atoms with Gasteiger partial charge in [-0.05, 0) is 0 Å². The molecule has 0 aromatic carbocycles. The van der Waals surface area contributed by atoms with Crippen molar-refractivity contribution in [1.29, 1.82) is 0 Å². The number of ether oxygens (including phenoxy) is 2. The number of nitrogens with one attached hydrogen (secondary N) is 1. The Hall–Kier alpha value is -2.45. The maximum Gasteiger partial charge on any atom is 0.324 e. The first-order chi connectivity index (χ1) is 8.71. The van der Waals surface area contributed by atoms with Crippen molar-refractivity contribution in [2.24, 2.45) is 7.05 Å². The highest BCUT2D eigenvalue weighted by atomic mass is 16.5. The summed E-state index contributed by atoms with van der Waals surface area (Å²) in [6, 6.07) is 0.358. The Bertz CT molecular complexity index is 505. The molecule has 0 aliphatic heterocycles. The molecule has 0 aliphatic carbocycles. The maximum atomic E-state index is 4.94. The molecule has 9 nitrogen and oxygen atoms in total. The summed E-state index contributed by atoms with van der Waals surface area (Å²) in [5, 5.41) is 7.08. The van der Waals surface area contributed by atoms with E-state index in [-0.39, 0.29) is 12.0 Å². The lowest BCUT2D eigenvalue weighted by Crippen LogP contribution is -2.08. The van der Waals surface area contributed by atoms with Gasteiger partial charge in [0.2, 0.25) is 5.95 Å². The van der Waals surface area contributed by atoms with E-state index in [1.54, 1.807) is 18.1 Å². The predicted molar refractivity (Wildman–Crippen MR) is 61.3 cm³/mol. The lowest BCUT2D eigenvalue weighted by atomic mass is 10.6. The Labute approximate surface area is 103 Å². The lowest BCUT2D eigenvalue weighted by Gasteiger charge is -2.05. The number of nitrogens with zero attached hydrogens (tertiary/aromatic N) is 6. The highest BCUT2D eigenvalue weighted by molar-refractivity contribution is 5.27. The van der Waals surface area contributed by atoms with Crippen molar-refractivity contribution in [3.63, 3.8) is 0 Å². The summed E-state index contributed by atoms with van der Waals surface area (Å²) in [5.74, 6) is 0.974. The zero-order chi connectivity index (χ0) is 13.0. The van der Waals surface area contributed by atoms with E-state index >= 15 is 0 Å². The molecule has 0 unspecified atom stereocenters. The summed E-state index contributed by atoms with van der Waals surface area (Å²) in [7, 11) is 4.74. The molecule has 0 aliphatic rings. The normalized spacial score (nSPS) is 10.2. The third-order valence-corrected chi connectivity index (χ3v) is 2.01. The van der Waals surface area contributed by atoms with Gasteiger partial charge in [-0.1, -0.05) is 0 Å². The fourth-order valence-electron chi connectivity index (χ4n) is 1.22. The molecule has 2 aromatic heterocycles. The summed E-state index contributed by atoms with van der Waals surface area (Å²) >= 11 is 0. The van der Waals surface area contributed by atoms with Crippen LogP contribution in [0.15, 0.2) is 6.33 Å². The average molecular weight is 251 g/mol. The van der Waals surface area contributed by atoms with Gasteiger partial charge in [0.1, 0.15) is 6.33 Å². The van der Waals surface area contributed by atoms with Gasteiger partial charge in [-0.15, -0.1) is 4.98 Å². The second kappa shape index (κ2) is 5.25. The Morgan fingerprint density at radius 3 is 2.33 bits per heavy atom. The maximum absolute atomic E-state index is 4.94. The first-order valence-electron chi connectivity index (χ1n) is 5.13. The van der Waals surface area contributed by atoms with Crippen LogP contribution >= 0.6 is 0 Å². The summed E-state index contributed by atoms with van der Waals surface area (Å²) in [4.78, 5) is 16.0. The Kier molecular flexibility index (Phi) is 3.51. The van der Waals surface area contributed by atoms with Gasteiger partial charge in [-0.2, -0.15) is 15.1 Å². The second-order valence-corrected chi connectivity index (χ2v) is 3.32. The topological polar surface area (TPSA) is 99.9 Å². The van der Waals surface area contributed by atoms with Crippen molar-refractivity contribution in [2.45, 2.75) is 6.54 Å². The largest absolute Gasteiger partial charge is 0.467 e. The van der Waals surface area contributed by atoms with Crippen LogP contribution in [-0.2, 0) is 13.6 Å². The average Bonchev–Trinajstić information content (AvgIpc) is 2.81. The van der Waals surface area contributed by atoms with Crippen LogP contribution in [0.1, 0.15) is 5.82 Å². The minimum Gasteiger partial charge on any atom is -0.467 e. The van der Waals surface area contributed by atoms with Crippen LogP contribution < -0.4 is 14.8 Å². The SMILES string of the molecule is COc1nc(NCc2ncn(C)n2)nc(OC)n1. The molecular weight excluding hydrogens is 238 g/mol. The van der Waals surface area contributed by atoms with Gasteiger partial charge in [0, 0.05) is 7.05 Å². The summed E-state index contributed by atoms with van der Waals surface area (Å²) in [6.07, 6.45) is 1.62. The summed E-state index contributed by atoms with van der Waals surface area (Å²) in [5.41, 5.74) is 0. The van der Waals surface area contributed by atoms with E-state index in [9.17, 15) is 0 Å². The molecular formula is C9H13N7O2. The van der Waals surface area contributed by atoms with Crippen molar-refractivity contribution in [3.05, 3.63) is 12.2 Å². The second-order valence-electron chi connectivity index (χ2n) is 3.32. The number of hydrogen-bond donors (Lipinski definition) is 1. The molecule has 0 radical (unpaired) electrons. The molecule has 0 saturated heterocycles. The molecule has 2 rings (SSSR count). The van der Waals surface area contributed by atoms with Crippen molar-refractivity contribution in [2.75, 3.05) is 19.5 Å². The lowest BCUT2D eigenvalue weighted by molar-refractivity contribution is 0.341. The molecule has 1 N–H and O–H groups in total. The van der Waals surface area contributed by atoms with Gasteiger partial charge in [-0.25, -0.2) is 4.98 Å². The Balaban J connectivity index is 2.08. The molecule has 0 saturated carbocycles. The fourth-order valence-corrected chi connectivity index (χ4v) is 1.22. The van der Waals surface area contributed by atoms with E-state index < -0.39 is 0 Å². The first-order valence-corrected chi connectivity index (χ1v) is 5.13. The molecule has 2 heterocycles. The zero-order valence-electron chi connectivity index (χ0n) is 10.3. The standard InChI is InChI=1S/C9H13N7O2/c1-16-5-11-6(15-16)4-10-7-12-8(17-2)14-9(13-7)18-3/h5H,4H2,1-3H3,(H,10,12,13,14). The minimum atomic E-state index is 0.179. The van der Waals surface area contributed by atoms with Gasteiger partial charge in [0.05, 0.1) is 20.8 Å². The molecule has 0 bridgehead atoms. The van der Waals surface area contributed by atoms with Crippen molar-refractivity contribution < 1.29 is 9.47 Å². The van der Waals surface area contributed by atoms with Gasteiger partial charge < -0.3 is 14.8 Å². The molecule has 9 heteroatoms. The van der Waals surface area contributed by atoms with E-state index in [0.717, 1.165) is 0 Å². The van der Waals surface area contributed by atoms with E-state index in [2.05, 4.69) is 30.4 Å². The van der Waals surface area contributed by atoms with Crippen LogP contribution in [-0.4, -0.2) is 43.9 Å². The zero-order valence-corrected chi connectivity index (χ0v) is 10.3. The van der Waals surface area contributed by atoms with Crippen LogP contribution in [0.2, 0.25) is 0 Å². The Morgan fingerprint density at radius 2 is 1.83 bits per heavy atom. The van der Waals surface area contributed by atoms with Crippen molar-refractivity contribution in [3.8, 4) is 12.0 Å². The van der Waals surface area contributed by atoms with E-state index in [0.29, 0.717) is 18.3 Å². The molecule has 0 fully saturated rings.